The van der Waals surface area contributed by atoms with E-state index in [-0.39, 0.29) is 6.04 Å². The van der Waals surface area contributed by atoms with Gasteiger partial charge in [0.15, 0.2) is 0 Å². The number of nitrogens with two attached hydrogens (primary N) is 1. The summed E-state index contributed by atoms with van der Waals surface area (Å²) < 4.78 is 5.12. The minimum atomic E-state index is -0.432. The summed E-state index contributed by atoms with van der Waals surface area (Å²) in [6, 6.07) is 7.37. The van der Waals surface area contributed by atoms with Crippen molar-refractivity contribution in [1.29, 1.82) is 0 Å². The van der Waals surface area contributed by atoms with Gasteiger partial charge in [0.2, 0.25) is 0 Å². The molecule has 0 radical (unpaired) electrons. The Morgan fingerprint density at radius 3 is 2.33 bits per heavy atom. The van der Waals surface area contributed by atoms with Crippen LogP contribution in [-0.2, 0) is 0 Å². The first-order valence-corrected chi connectivity index (χ1v) is 6.80. The lowest BCUT2D eigenvalue weighted by Crippen LogP contribution is -2.34. The molecule has 3 heteroatoms. The second kappa shape index (κ2) is 6.21. The minimum Gasteiger partial charge on any atom is -0.497 e. The van der Waals surface area contributed by atoms with Crippen LogP contribution in [0.25, 0.3) is 0 Å². The first-order valence-electron chi connectivity index (χ1n) is 6.80. The van der Waals surface area contributed by atoms with Crippen molar-refractivity contribution in [2.24, 2.45) is 11.7 Å². The van der Waals surface area contributed by atoms with E-state index in [1.165, 1.54) is 19.3 Å². The number of hydrogen-bond donors (Lipinski definition) is 2. The van der Waals surface area contributed by atoms with E-state index >= 15 is 0 Å². The lowest BCUT2D eigenvalue weighted by atomic mass is 9.81. The maximum Gasteiger partial charge on any atom is 0.118 e. The van der Waals surface area contributed by atoms with Gasteiger partial charge in [-0.2, -0.15) is 0 Å². The van der Waals surface area contributed by atoms with Crippen LogP contribution in [-0.4, -0.2) is 18.3 Å². The molecule has 0 spiro atoms. The molecule has 1 saturated carbocycles. The van der Waals surface area contributed by atoms with Crippen molar-refractivity contribution in [3.8, 4) is 5.75 Å². The van der Waals surface area contributed by atoms with E-state index in [4.69, 9.17) is 10.5 Å². The van der Waals surface area contributed by atoms with Gasteiger partial charge in [-0.1, -0.05) is 31.4 Å². The van der Waals surface area contributed by atoms with Crippen LogP contribution in [0.3, 0.4) is 0 Å². The largest absolute Gasteiger partial charge is 0.497 e. The SMILES string of the molecule is COc1ccc([C@H](N)[C@H](O)C2CCCCC2)cc1. The molecule has 1 fully saturated rings. The lowest BCUT2D eigenvalue weighted by molar-refractivity contribution is 0.0618. The van der Waals surface area contributed by atoms with Crippen LogP contribution in [0.2, 0.25) is 0 Å². The molecule has 0 aromatic heterocycles. The molecule has 3 nitrogen and oxygen atoms in total. The summed E-state index contributed by atoms with van der Waals surface area (Å²) in [5.74, 6) is 1.17. The predicted molar refractivity (Wildman–Crippen MR) is 72.5 cm³/mol. The highest BCUT2D eigenvalue weighted by molar-refractivity contribution is 5.29. The third kappa shape index (κ3) is 3.03. The van der Waals surface area contributed by atoms with Gasteiger partial charge >= 0.3 is 0 Å². The Kier molecular flexibility index (Phi) is 4.61. The van der Waals surface area contributed by atoms with E-state index in [2.05, 4.69) is 0 Å². The van der Waals surface area contributed by atoms with E-state index in [1.807, 2.05) is 24.3 Å². The van der Waals surface area contributed by atoms with E-state index in [0.29, 0.717) is 5.92 Å². The maximum absolute atomic E-state index is 10.4. The zero-order valence-electron chi connectivity index (χ0n) is 11.0. The Bertz CT molecular complexity index is 357. The average Bonchev–Trinajstić information content (AvgIpc) is 2.47. The monoisotopic (exact) mass is 249 g/mol. The van der Waals surface area contributed by atoms with Crippen molar-refractivity contribution in [3.63, 3.8) is 0 Å². The van der Waals surface area contributed by atoms with Gasteiger partial charge in [-0.05, 0) is 36.5 Å². The maximum atomic E-state index is 10.4. The summed E-state index contributed by atoms with van der Waals surface area (Å²) >= 11 is 0. The fourth-order valence-electron chi connectivity index (χ4n) is 2.79. The molecular weight excluding hydrogens is 226 g/mol. The molecule has 1 aromatic rings. The highest BCUT2D eigenvalue weighted by atomic mass is 16.5. The van der Waals surface area contributed by atoms with Crippen LogP contribution in [0.1, 0.15) is 43.7 Å². The van der Waals surface area contributed by atoms with Crippen molar-refractivity contribution in [1.82, 2.24) is 0 Å². The number of benzene rings is 1. The normalized spacial score (nSPS) is 20.4. The lowest BCUT2D eigenvalue weighted by Gasteiger charge is -2.30. The fourth-order valence-corrected chi connectivity index (χ4v) is 2.79. The van der Waals surface area contributed by atoms with Gasteiger partial charge in [-0.25, -0.2) is 0 Å². The smallest absolute Gasteiger partial charge is 0.118 e. The molecule has 1 aliphatic rings. The molecule has 1 aromatic carbocycles. The molecular formula is C15H23NO2. The van der Waals surface area contributed by atoms with E-state index in [9.17, 15) is 5.11 Å². The molecule has 0 unspecified atom stereocenters. The number of hydrogen-bond acceptors (Lipinski definition) is 3. The second-order valence-corrected chi connectivity index (χ2v) is 5.19. The number of ether oxygens (including phenoxy) is 1. The molecule has 0 heterocycles. The fraction of sp³-hybridized carbons (Fsp3) is 0.600. The Morgan fingerprint density at radius 1 is 1.17 bits per heavy atom. The molecule has 100 valence electrons. The summed E-state index contributed by atoms with van der Waals surface area (Å²) in [7, 11) is 1.64. The Balaban J connectivity index is 2.01. The predicted octanol–water partition coefficient (Wildman–Crippen LogP) is 2.64. The van der Waals surface area contributed by atoms with Crippen LogP contribution < -0.4 is 10.5 Å². The van der Waals surface area contributed by atoms with Gasteiger partial charge in [0.05, 0.1) is 19.3 Å². The highest BCUT2D eigenvalue weighted by Gasteiger charge is 2.27. The summed E-state index contributed by atoms with van der Waals surface area (Å²) in [6.07, 6.45) is 5.50. The van der Waals surface area contributed by atoms with Gasteiger partial charge in [0, 0.05) is 0 Å². The quantitative estimate of drug-likeness (QED) is 0.862. The highest BCUT2D eigenvalue weighted by Crippen LogP contribution is 2.31. The molecule has 1 aliphatic carbocycles. The molecule has 18 heavy (non-hydrogen) atoms. The van der Waals surface area contributed by atoms with Crippen LogP contribution in [0, 0.1) is 5.92 Å². The average molecular weight is 249 g/mol. The van der Waals surface area contributed by atoms with Gasteiger partial charge < -0.3 is 15.6 Å². The molecule has 0 aliphatic heterocycles. The number of methoxy groups -OCH3 is 1. The van der Waals surface area contributed by atoms with Crippen molar-refractivity contribution in [3.05, 3.63) is 29.8 Å². The third-order valence-electron chi connectivity index (χ3n) is 4.00. The van der Waals surface area contributed by atoms with Gasteiger partial charge in [0.1, 0.15) is 5.75 Å². The Labute approximate surface area is 109 Å². The molecule has 3 N–H and O–H groups in total. The topological polar surface area (TPSA) is 55.5 Å². The summed E-state index contributed by atoms with van der Waals surface area (Å²) in [6.45, 7) is 0. The van der Waals surface area contributed by atoms with Crippen LogP contribution in [0.5, 0.6) is 5.75 Å². The van der Waals surface area contributed by atoms with Gasteiger partial charge in [0.25, 0.3) is 0 Å². The summed E-state index contributed by atoms with van der Waals surface area (Å²) in [4.78, 5) is 0. The van der Waals surface area contributed by atoms with Crippen LogP contribution in [0.15, 0.2) is 24.3 Å². The molecule has 2 atom stereocenters. The van der Waals surface area contributed by atoms with E-state index < -0.39 is 6.10 Å². The molecule has 0 amide bonds. The first-order chi connectivity index (χ1) is 8.72. The Hall–Kier alpha value is -1.06. The van der Waals surface area contributed by atoms with E-state index in [0.717, 1.165) is 24.2 Å². The zero-order valence-corrected chi connectivity index (χ0v) is 11.0. The molecule has 0 saturated heterocycles. The zero-order chi connectivity index (χ0) is 13.0. The molecule has 2 rings (SSSR count). The van der Waals surface area contributed by atoms with Crippen LogP contribution in [0.4, 0.5) is 0 Å². The second-order valence-electron chi connectivity index (χ2n) is 5.19. The van der Waals surface area contributed by atoms with Crippen molar-refractivity contribution in [2.75, 3.05) is 7.11 Å². The third-order valence-corrected chi connectivity index (χ3v) is 4.00. The van der Waals surface area contributed by atoms with Crippen molar-refractivity contribution < 1.29 is 9.84 Å². The standard InChI is InChI=1S/C15H23NO2/c1-18-13-9-7-11(8-10-13)14(16)15(17)12-5-3-2-4-6-12/h7-10,12,14-15,17H,2-6,16H2,1H3/t14-,15+/m0/s1. The van der Waals surface area contributed by atoms with Gasteiger partial charge in [-0.3, -0.25) is 0 Å². The summed E-state index contributed by atoms with van der Waals surface area (Å²) in [5, 5.41) is 10.4. The Morgan fingerprint density at radius 2 is 1.78 bits per heavy atom. The van der Waals surface area contributed by atoms with Gasteiger partial charge in [-0.15, -0.1) is 0 Å². The number of aliphatic hydroxyl groups is 1. The summed E-state index contributed by atoms with van der Waals surface area (Å²) in [5.41, 5.74) is 7.15. The molecule has 0 bridgehead atoms. The van der Waals surface area contributed by atoms with E-state index in [1.54, 1.807) is 7.11 Å². The number of rotatable bonds is 4. The number of aliphatic hydroxyl groups excluding tert-OH is 1. The van der Waals surface area contributed by atoms with Crippen LogP contribution >= 0.6 is 0 Å². The first kappa shape index (κ1) is 13.4. The van der Waals surface area contributed by atoms with Crippen molar-refractivity contribution >= 4 is 0 Å². The minimum absolute atomic E-state index is 0.293. The van der Waals surface area contributed by atoms with Crippen molar-refractivity contribution in [2.45, 2.75) is 44.2 Å².